The van der Waals surface area contributed by atoms with Crippen molar-refractivity contribution in [2.24, 2.45) is 5.92 Å². The fraction of sp³-hybridized carbons (Fsp3) is 1.00. The molecule has 2 rings (SSSR count). The minimum atomic E-state index is 0.742. The Morgan fingerprint density at radius 2 is 1.76 bits per heavy atom. The number of nitrogens with zero attached hydrogens (tertiary/aromatic N) is 2. The molecule has 1 aliphatic carbocycles. The third kappa shape index (κ3) is 3.94. The molecule has 1 saturated heterocycles. The van der Waals surface area contributed by atoms with E-state index in [1.807, 2.05) is 0 Å². The van der Waals surface area contributed by atoms with Gasteiger partial charge in [0.15, 0.2) is 0 Å². The zero-order chi connectivity index (χ0) is 12.1. The Hall–Kier alpha value is -0.120. The second-order valence-corrected chi connectivity index (χ2v) is 5.81. The molecule has 2 fully saturated rings. The highest BCUT2D eigenvalue weighted by molar-refractivity contribution is 4.84. The van der Waals surface area contributed by atoms with Gasteiger partial charge in [-0.25, -0.2) is 0 Å². The van der Waals surface area contributed by atoms with Crippen molar-refractivity contribution in [3.63, 3.8) is 0 Å². The molecule has 1 aliphatic heterocycles. The van der Waals surface area contributed by atoms with Crippen LogP contribution >= 0.6 is 0 Å². The predicted molar refractivity (Wildman–Crippen MR) is 73.4 cm³/mol. The van der Waals surface area contributed by atoms with Gasteiger partial charge in [0.25, 0.3) is 0 Å². The van der Waals surface area contributed by atoms with Crippen molar-refractivity contribution in [3.05, 3.63) is 0 Å². The molecule has 2 aliphatic rings. The highest BCUT2D eigenvalue weighted by Crippen LogP contribution is 2.28. The second kappa shape index (κ2) is 6.72. The quantitative estimate of drug-likeness (QED) is 0.782. The van der Waals surface area contributed by atoms with Crippen molar-refractivity contribution in [1.82, 2.24) is 15.1 Å². The molecular formula is C14H29N3. The summed E-state index contributed by atoms with van der Waals surface area (Å²) in [6, 6.07) is 0.742. The monoisotopic (exact) mass is 239 g/mol. The predicted octanol–water partition coefficient (Wildman–Crippen LogP) is 1.40. The standard InChI is InChI=1S/C14H29N3/c1-3-15-14(13-6-4-5-7-13)12-17-10-8-16(2)9-11-17/h13-15H,3-12H2,1-2H3. The molecule has 0 aromatic rings. The van der Waals surface area contributed by atoms with Gasteiger partial charge < -0.3 is 10.2 Å². The molecular weight excluding hydrogens is 210 g/mol. The van der Waals surface area contributed by atoms with E-state index in [0.717, 1.165) is 18.5 Å². The zero-order valence-corrected chi connectivity index (χ0v) is 11.6. The Balaban J connectivity index is 1.79. The summed E-state index contributed by atoms with van der Waals surface area (Å²) in [6.07, 6.45) is 5.81. The van der Waals surface area contributed by atoms with E-state index in [9.17, 15) is 0 Å². The number of rotatable bonds is 5. The first kappa shape index (κ1) is 13.3. The minimum Gasteiger partial charge on any atom is -0.313 e. The van der Waals surface area contributed by atoms with Crippen LogP contribution in [0.15, 0.2) is 0 Å². The average Bonchev–Trinajstić information content (AvgIpc) is 2.85. The summed E-state index contributed by atoms with van der Waals surface area (Å²) in [5, 5.41) is 3.73. The summed E-state index contributed by atoms with van der Waals surface area (Å²) in [5.41, 5.74) is 0. The fourth-order valence-electron chi connectivity index (χ4n) is 3.31. The first-order valence-corrected chi connectivity index (χ1v) is 7.44. The molecule has 1 atom stereocenters. The lowest BCUT2D eigenvalue weighted by molar-refractivity contribution is 0.131. The highest BCUT2D eigenvalue weighted by atomic mass is 15.3. The van der Waals surface area contributed by atoms with Gasteiger partial charge in [0, 0.05) is 38.8 Å². The van der Waals surface area contributed by atoms with E-state index >= 15 is 0 Å². The molecule has 17 heavy (non-hydrogen) atoms. The SMILES string of the molecule is CCNC(CN1CCN(C)CC1)C1CCCC1. The number of hydrogen-bond acceptors (Lipinski definition) is 3. The van der Waals surface area contributed by atoms with Crippen LogP contribution in [-0.2, 0) is 0 Å². The van der Waals surface area contributed by atoms with Crippen LogP contribution in [0.25, 0.3) is 0 Å². The van der Waals surface area contributed by atoms with Gasteiger partial charge in [0.1, 0.15) is 0 Å². The molecule has 3 heteroatoms. The number of piperazine rings is 1. The second-order valence-electron chi connectivity index (χ2n) is 5.81. The summed E-state index contributed by atoms with van der Waals surface area (Å²) in [7, 11) is 2.23. The Kier molecular flexibility index (Phi) is 5.26. The van der Waals surface area contributed by atoms with Crippen LogP contribution in [0.5, 0.6) is 0 Å². The topological polar surface area (TPSA) is 18.5 Å². The van der Waals surface area contributed by atoms with Crippen LogP contribution in [0, 0.1) is 5.92 Å². The van der Waals surface area contributed by atoms with Gasteiger partial charge in [-0.15, -0.1) is 0 Å². The smallest absolute Gasteiger partial charge is 0.0223 e. The highest BCUT2D eigenvalue weighted by Gasteiger charge is 2.26. The molecule has 0 amide bonds. The number of likely N-dealkylation sites (N-methyl/N-ethyl adjacent to an activating group) is 2. The molecule has 3 nitrogen and oxygen atoms in total. The maximum atomic E-state index is 3.73. The average molecular weight is 239 g/mol. The van der Waals surface area contributed by atoms with Crippen LogP contribution in [0.3, 0.4) is 0 Å². The molecule has 1 unspecified atom stereocenters. The maximum absolute atomic E-state index is 3.73. The van der Waals surface area contributed by atoms with Gasteiger partial charge in [-0.1, -0.05) is 19.8 Å². The maximum Gasteiger partial charge on any atom is 0.0223 e. The molecule has 0 aromatic carbocycles. The molecule has 0 spiro atoms. The van der Waals surface area contributed by atoms with Crippen LogP contribution in [-0.4, -0.2) is 62.2 Å². The van der Waals surface area contributed by atoms with E-state index in [0.29, 0.717) is 0 Å². The Labute approximate surface area is 107 Å². The van der Waals surface area contributed by atoms with Gasteiger partial charge in [0.05, 0.1) is 0 Å². The first-order valence-electron chi connectivity index (χ1n) is 7.44. The van der Waals surface area contributed by atoms with Gasteiger partial charge >= 0.3 is 0 Å². The number of hydrogen-bond donors (Lipinski definition) is 1. The van der Waals surface area contributed by atoms with E-state index in [1.165, 1.54) is 58.4 Å². The summed E-state index contributed by atoms with van der Waals surface area (Å²) in [6.45, 7) is 9.62. The summed E-state index contributed by atoms with van der Waals surface area (Å²) >= 11 is 0. The molecule has 100 valence electrons. The van der Waals surface area contributed by atoms with E-state index in [1.54, 1.807) is 0 Å². The van der Waals surface area contributed by atoms with Crippen LogP contribution in [0.2, 0.25) is 0 Å². The van der Waals surface area contributed by atoms with E-state index in [4.69, 9.17) is 0 Å². The lowest BCUT2D eigenvalue weighted by atomic mass is 9.97. The molecule has 0 bridgehead atoms. The Morgan fingerprint density at radius 3 is 2.35 bits per heavy atom. The van der Waals surface area contributed by atoms with Gasteiger partial charge in [-0.05, 0) is 32.4 Å². The zero-order valence-electron chi connectivity index (χ0n) is 11.6. The van der Waals surface area contributed by atoms with E-state index < -0.39 is 0 Å². The molecule has 0 aromatic heterocycles. The summed E-state index contributed by atoms with van der Waals surface area (Å²) in [4.78, 5) is 5.10. The van der Waals surface area contributed by atoms with Crippen molar-refractivity contribution in [1.29, 1.82) is 0 Å². The number of nitrogens with one attached hydrogen (secondary N) is 1. The van der Waals surface area contributed by atoms with E-state index in [-0.39, 0.29) is 0 Å². The molecule has 1 saturated carbocycles. The first-order chi connectivity index (χ1) is 8.29. The molecule has 1 heterocycles. The van der Waals surface area contributed by atoms with Gasteiger partial charge in [-0.3, -0.25) is 4.90 Å². The third-order valence-corrected chi connectivity index (χ3v) is 4.49. The fourth-order valence-corrected chi connectivity index (χ4v) is 3.31. The van der Waals surface area contributed by atoms with Crippen molar-refractivity contribution >= 4 is 0 Å². The summed E-state index contributed by atoms with van der Waals surface area (Å²) < 4.78 is 0. The Morgan fingerprint density at radius 1 is 1.12 bits per heavy atom. The largest absolute Gasteiger partial charge is 0.313 e. The van der Waals surface area contributed by atoms with Gasteiger partial charge in [-0.2, -0.15) is 0 Å². The van der Waals surface area contributed by atoms with Crippen molar-refractivity contribution < 1.29 is 0 Å². The molecule has 0 radical (unpaired) electrons. The molecule has 1 N–H and O–H groups in total. The lowest BCUT2D eigenvalue weighted by Crippen LogP contribution is -2.51. The van der Waals surface area contributed by atoms with Crippen LogP contribution in [0.4, 0.5) is 0 Å². The van der Waals surface area contributed by atoms with E-state index in [2.05, 4.69) is 29.1 Å². The normalized spacial score (nSPS) is 26.5. The van der Waals surface area contributed by atoms with Crippen molar-refractivity contribution in [3.8, 4) is 0 Å². The van der Waals surface area contributed by atoms with Crippen LogP contribution < -0.4 is 5.32 Å². The minimum absolute atomic E-state index is 0.742. The van der Waals surface area contributed by atoms with Crippen molar-refractivity contribution in [2.45, 2.75) is 38.6 Å². The third-order valence-electron chi connectivity index (χ3n) is 4.49. The van der Waals surface area contributed by atoms with Crippen LogP contribution in [0.1, 0.15) is 32.6 Å². The van der Waals surface area contributed by atoms with Gasteiger partial charge in [0.2, 0.25) is 0 Å². The lowest BCUT2D eigenvalue weighted by Gasteiger charge is -2.36. The summed E-state index contributed by atoms with van der Waals surface area (Å²) in [5.74, 6) is 0.939. The Bertz CT molecular complexity index is 206. The van der Waals surface area contributed by atoms with Crippen molar-refractivity contribution in [2.75, 3.05) is 46.3 Å².